The second-order valence-electron chi connectivity index (χ2n) is 4.62. The molecule has 0 amide bonds. The van der Waals surface area contributed by atoms with Gasteiger partial charge in [0.05, 0.1) is 7.11 Å². The van der Waals surface area contributed by atoms with E-state index in [0.29, 0.717) is 11.3 Å². The van der Waals surface area contributed by atoms with Crippen molar-refractivity contribution in [3.05, 3.63) is 51.4 Å². The van der Waals surface area contributed by atoms with Crippen LogP contribution in [0.3, 0.4) is 0 Å². The molecule has 0 aliphatic carbocycles. The molecule has 0 bridgehead atoms. The fraction of sp³-hybridized carbons (Fsp3) is 0.250. The third-order valence-corrected chi connectivity index (χ3v) is 3.36. The van der Waals surface area contributed by atoms with E-state index in [1.54, 1.807) is 14.0 Å². The van der Waals surface area contributed by atoms with Crippen LogP contribution < -0.4 is 10.3 Å². The number of aryl methyl sites for hydroxylation is 1. The Hall–Kier alpha value is -2.58. The number of nitrogens with one attached hydrogen (secondary N) is 1. The summed E-state index contributed by atoms with van der Waals surface area (Å²) in [6.45, 7) is 1.66. The van der Waals surface area contributed by atoms with Crippen molar-refractivity contribution in [2.45, 2.75) is 13.3 Å². The summed E-state index contributed by atoms with van der Waals surface area (Å²) in [6, 6.07) is 9.28. The molecule has 2 N–H and O–H groups in total. The number of nitriles is 1. The van der Waals surface area contributed by atoms with Gasteiger partial charge in [-0.25, -0.2) is 0 Å². The molecule has 108 valence electrons. The molecule has 0 saturated carbocycles. The highest BCUT2D eigenvalue weighted by Crippen LogP contribution is 2.29. The molecule has 0 atom stereocenters. The van der Waals surface area contributed by atoms with Gasteiger partial charge in [-0.2, -0.15) is 5.26 Å². The third-order valence-electron chi connectivity index (χ3n) is 3.36. The Labute approximate surface area is 122 Å². The van der Waals surface area contributed by atoms with Gasteiger partial charge in [0, 0.05) is 17.9 Å². The molecule has 0 saturated heterocycles. The summed E-state index contributed by atoms with van der Waals surface area (Å²) in [5.41, 5.74) is 2.53. The third kappa shape index (κ3) is 2.81. The van der Waals surface area contributed by atoms with Crippen LogP contribution in [-0.4, -0.2) is 23.8 Å². The van der Waals surface area contributed by atoms with Crippen molar-refractivity contribution in [3.63, 3.8) is 0 Å². The fourth-order valence-electron chi connectivity index (χ4n) is 2.41. The maximum absolute atomic E-state index is 11.9. The molecule has 2 aromatic rings. The summed E-state index contributed by atoms with van der Waals surface area (Å²) in [4.78, 5) is 14.6. The van der Waals surface area contributed by atoms with Gasteiger partial charge in [-0.05, 0) is 36.6 Å². The molecule has 0 aliphatic heterocycles. The molecule has 5 nitrogen and oxygen atoms in total. The van der Waals surface area contributed by atoms with Crippen LogP contribution >= 0.6 is 0 Å². The minimum absolute atomic E-state index is 0.0560. The molecule has 21 heavy (non-hydrogen) atoms. The van der Waals surface area contributed by atoms with Gasteiger partial charge in [0.2, 0.25) is 0 Å². The van der Waals surface area contributed by atoms with E-state index in [0.717, 1.165) is 16.9 Å². The lowest BCUT2D eigenvalue weighted by Gasteiger charge is -2.14. The van der Waals surface area contributed by atoms with Gasteiger partial charge in [0.25, 0.3) is 5.56 Å². The van der Waals surface area contributed by atoms with E-state index in [9.17, 15) is 15.2 Å². The highest BCUT2D eigenvalue weighted by molar-refractivity contribution is 5.72. The predicted octanol–water partition coefficient (Wildman–Crippen LogP) is 1.77. The van der Waals surface area contributed by atoms with Gasteiger partial charge in [-0.15, -0.1) is 0 Å². The summed E-state index contributed by atoms with van der Waals surface area (Å²) >= 11 is 0. The van der Waals surface area contributed by atoms with E-state index in [1.807, 2.05) is 30.3 Å². The van der Waals surface area contributed by atoms with Crippen LogP contribution in [0.15, 0.2) is 29.1 Å². The predicted molar refractivity (Wildman–Crippen MR) is 79.3 cm³/mol. The summed E-state index contributed by atoms with van der Waals surface area (Å²) in [5, 5.41) is 18.4. The monoisotopic (exact) mass is 284 g/mol. The second kappa shape index (κ2) is 6.25. The molecule has 0 unspecified atom stereocenters. The number of pyridine rings is 1. The van der Waals surface area contributed by atoms with E-state index < -0.39 is 5.56 Å². The quantitative estimate of drug-likeness (QED) is 0.895. The van der Waals surface area contributed by atoms with Gasteiger partial charge in [0.15, 0.2) is 0 Å². The van der Waals surface area contributed by atoms with Gasteiger partial charge >= 0.3 is 0 Å². The van der Waals surface area contributed by atoms with Crippen molar-refractivity contribution in [3.8, 4) is 22.9 Å². The number of rotatable bonds is 4. The number of H-pyrrole nitrogens is 1. The first kappa shape index (κ1) is 14.8. The van der Waals surface area contributed by atoms with E-state index in [4.69, 9.17) is 4.74 Å². The SMILES string of the molecule is COc1ccc(-c2c(C)[nH]c(=O)c(C#N)c2CCO)cc1. The normalized spacial score (nSPS) is 10.2. The summed E-state index contributed by atoms with van der Waals surface area (Å²) in [5.74, 6) is 0.727. The molecular weight excluding hydrogens is 268 g/mol. The van der Waals surface area contributed by atoms with Crippen LogP contribution in [0, 0.1) is 18.3 Å². The van der Waals surface area contributed by atoms with E-state index in [2.05, 4.69) is 4.98 Å². The molecule has 5 heteroatoms. The van der Waals surface area contributed by atoms with Gasteiger partial charge in [0.1, 0.15) is 17.4 Å². The number of ether oxygens (including phenoxy) is 1. The average molecular weight is 284 g/mol. The number of hydrogen-bond acceptors (Lipinski definition) is 4. The smallest absolute Gasteiger partial charge is 0.266 e. The molecule has 0 spiro atoms. The Kier molecular flexibility index (Phi) is 4.41. The van der Waals surface area contributed by atoms with Crippen molar-refractivity contribution in [1.29, 1.82) is 5.26 Å². The largest absolute Gasteiger partial charge is 0.497 e. The Balaban J connectivity index is 2.71. The zero-order chi connectivity index (χ0) is 15.4. The average Bonchev–Trinajstić information content (AvgIpc) is 2.48. The van der Waals surface area contributed by atoms with Gasteiger partial charge < -0.3 is 14.8 Å². The summed E-state index contributed by atoms with van der Waals surface area (Å²) in [7, 11) is 1.59. The Morgan fingerprint density at radius 3 is 2.52 bits per heavy atom. The topological polar surface area (TPSA) is 86.1 Å². The zero-order valence-electron chi connectivity index (χ0n) is 11.9. The van der Waals surface area contributed by atoms with Crippen molar-refractivity contribution >= 4 is 0 Å². The van der Waals surface area contributed by atoms with Crippen molar-refractivity contribution < 1.29 is 9.84 Å². The van der Waals surface area contributed by atoms with Crippen LogP contribution in [-0.2, 0) is 6.42 Å². The van der Waals surface area contributed by atoms with Crippen molar-refractivity contribution in [2.24, 2.45) is 0 Å². The van der Waals surface area contributed by atoms with Crippen LogP contribution in [0.4, 0.5) is 0 Å². The summed E-state index contributed by atoms with van der Waals surface area (Å²) in [6.07, 6.45) is 0.259. The van der Waals surface area contributed by atoms with Crippen LogP contribution in [0.25, 0.3) is 11.1 Å². The van der Waals surface area contributed by atoms with Crippen LogP contribution in [0.2, 0.25) is 0 Å². The highest BCUT2D eigenvalue weighted by Gasteiger charge is 2.16. The number of nitrogens with zero attached hydrogens (tertiary/aromatic N) is 1. The van der Waals surface area contributed by atoms with Crippen LogP contribution in [0.5, 0.6) is 5.75 Å². The Morgan fingerprint density at radius 2 is 2.00 bits per heavy atom. The number of benzene rings is 1. The number of aliphatic hydroxyl groups is 1. The molecule has 1 aromatic carbocycles. The van der Waals surface area contributed by atoms with E-state index in [1.165, 1.54) is 0 Å². The van der Waals surface area contributed by atoms with Gasteiger partial charge in [-0.1, -0.05) is 12.1 Å². The van der Waals surface area contributed by atoms with Gasteiger partial charge in [-0.3, -0.25) is 4.79 Å². The minimum atomic E-state index is -0.421. The number of hydrogen-bond donors (Lipinski definition) is 2. The van der Waals surface area contributed by atoms with Crippen molar-refractivity contribution in [2.75, 3.05) is 13.7 Å². The number of aromatic nitrogens is 1. The number of aliphatic hydroxyl groups excluding tert-OH is 1. The molecule has 1 aromatic heterocycles. The molecule has 2 rings (SSSR count). The maximum Gasteiger partial charge on any atom is 0.266 e. The number of methoxy groups -OCH3 is 1. The lowest BCUT2D eigenvalue weighted by Crippen LogP contribution is -2.17. The fourth-order valence-corrected chi connectivity index (χ4v) is 2.41. The highest BCUT2D eigenvalue weighted by atomic mass is 16.5. The van der Waals surface area contributed by atoms with Crippen LogP contribution in [0.1, 0.15) is 16.8 Å². The Bertz CT molecular complexity index is 740. The maximum atomic E-state index is 11.9. The first-order valence-electron chi connectivity index (χ1n) is 6.53. The van der Waals surface area contributed by atoms with E-state index >= 15 is 0 Å². The lowest BCUT2D eigenvalue weighted by atomic mass is 9.93. The van der Waals surface area contributed by atoms with Crippen molar-refractivity contribution in [1.82, 2.24) is 4.98 Å². The molecule has 0 fully saturated rings. The first-order chi connectivity index (χ1) is 10.1. The first-order valence-corrected chi connectivity index (χ1v) is 6.53. The second-order valence-corrected chi connectivity index (χ2v) is 4.62. The molecule has 0 radical (unpaired) electrons. The number of aromatic amines is 1. The molecule has 0 aliphatic rings. The van der Waals surface area contributed by atoms with E-state index in [-0.39, 0.29) is 18.6 Å². The Morgan fingerprint density at radius 1 is 1.33 bits per heavy atom. The molecule has 1 heterocycles. The zero-order valence-corrected chi connectivity index (χ0v) is 11.9. The minimum Gasteiger partial charge on any atom is -0.497 e. The molecular formula is C16H16N2O3. The standard InChI is InChI=1S/C16H16N2O3/c1-10-15(11-3-5-12(21-2)6-4-11)13(7-8-19)14(9-17)16(20)18-10/h3-6,19H,7-8H2,1-2H3,(H,18,20). The lowest BCUT2D eigenvalue weighted by molar-refractivity contribution is 0.299. The summed E-state index contributed by atoms with van der Waals surface area (Å²) < 4.78 is 5.13.